The van der Waals surface area contributed by atoms with Crippen LogP contribution in [0.2, 0.25) is 0 Å². The van der Waals surface area contributed by atoms with Crippen LogP contribution in [0.25, 0.3) is 21.7 Å². The summed E-state index contributed by atoms with van der Waals surface area (Å²) in [6.45, 7) is 0. The summed E-state index contributed by atoms with van der Waals surface area (Å²) in [7, 11) is 3.55. The summed E-state index contributed by atoms with van der Waals surface area (Å²) in [6, 6.07) is 14.4. The highest BCUT2D eigenvalue weighted by molar-refractivity contribution is 5.98. The zero-order valence-electron chi connectivity index (χ0n) is 16.6. The Balaban J connectivity index is 1.47. The van der Waals surface area contributed by atoms with Crippen LogP contribution in [-0.4, -0.2) is 35.9 Å². The fourth-order valence-corrected chi connectivity index (χ4v) is 4.26. The monoisotopic (exact) mass is 385 g/mol. The number of carbonyl (C=O) groups excluding carboxylic acids is 1. The molecular formula is C24H23N3O2. The zero-order valence-corrected chi connectivity index (χ0v) is 16.6. The number of nitrogens with zero attached hydrogens (tertiary/aromatic N) is 2. The Bertz CT molecular complexity index is 1220. The van der Waals surface area contributed by atoms with E-state index >= 15 is 0 Å². The second-order valence-corrected chi connectivity index (χ2v) is 7.90. The minimum absolute atomic E-state index is 0.0108. The van der Waals surface area contributed by atoms with E-state index in [1.807, 2.05) is 30.6 Å². The van der Waals surface area contributed by atoms with E-state index in [9.17, 15) is 4.79 Å². The number of aromatic nitrogens is 1. The number of benzene rings is 2. The predicted molar refractivity (Wildman–Crippen MR) is 115 cm³/mol. The van der Waals surface area contributed by atoms with Gasteiger partial charge in [-0.15, -0.1) is 0 Å². The van der Waals surface area contributed by atoms with Crippen LogP contribution >= 0.6 is 0 Å². The smallest absolute Gasteiger partial charge is 0.253 e. The Morgan fingerprint density at radius 3 is 2.93 bits per heavy atom. The summed E-state index contributed by atoms with van der Waals surface area (Å²) in [5.41, 5.74) is 3.92. The van der Waals surface area contributed by atoms with E-state index in [2.05, 4.69) is 34.6 Å². The van der Waals surface area contributed by atoms with Crippen LogP contribution in [0, 0.1) is 0 Å². The summed E-state index contributed by atoms with van der Waals surface area (Å²) < 4.78 is 6.09. The summed E-state index contributed by atoms with van der Waals surface area (Å²) in [4.78, 5) is 18.2. The molecule has 0 saturated carbocycles. The normalized spacial score (nSPS) is 16.0. The molecule has 0 fully saturated rings. The predicted octanol–water partition coefficient (Wildman–Crippen LogP) is 4.65. The third-order valence-corrected chi connectivity index (χ3v) is 5.74. The molecule has 1 aliphatic carbocycles. The van der Waals surface area contributed by atoms with Gasteiger partial charge < -0.3 is 14.6 Å². The number of rotatable bonds is 3. The maximum Gasteiger partial charge on any atom is 0.253 e. The Kier molecular flexibility index (Phi) is 4.23. The molecule has 1 unspecified atom stereocenters. The molecule has 1 atom stereocenters. The molecule has 0 bridgehead atoms. The van der Waals surface area contributed by atoms with Crippen LogP contribution in [0.4, 0.5) is 5.69 Å². The van der Waals surface area contributed by atoms with E-state index in [0.717, 1.165) is 47.1 Å². The molecule has 5 rings (SSSR count). The highest BCUT2D eigenvalue weighted by Crippen LogP contribution is 2.34. The zero-order chi connectivity index (χ0) is 20.0. The number of pyridine rings is 1. The number of carbonyl (C=O) groups is 1. The Hall–Kier alpha value is -3.34. The van der Waals surface area contributed by atoms with Crippen molar-refractivity contribution in [3.63, 3.8) is 0 Å². The van der Waals surface area contributed by atoms with E-state index in [1.165, 1.54) is 10.9 Å². The van der Waals surface area contributed by atoms with Gasteiger partial charge in [-0.1, -0.05) is 12.1 Å². The molecule has 1 N–H and O–H groups in total. The first kappa shape index (κ1) is 17.7. The quantitative estimate of drug-likeness (QED) is 0.558. The number of aryl methyl sites for hydroxylation is 1. The first-order chi connectivity index (χ1) is 14.1. The standard InChI is InChI=1S/C24H23N3O2/c1-27(2)24(28)15-6-8-22-19(12-15)20-13-17(7-9-23(20)29-22)26-21-5-3-4-16-14-25-11-10-18(16)21/h3-6,8,10-12,14,17,26H,7,9,13H2,1-2H3. The minimum Gasteiger partial charge on any atom is -0.461 e. The first-order valence-electron chi connectivity index (χ1n) is 9.95. The number of furan rings is 1. The Morgan fingerprint density at radius 1 is 1.17 bits per heavy atom. The van der Waals surface area contributed by atoms with Crippen molar-refractivity contribution in [3.8, 4) is 0 Å². The number of amides is 1. The van der Waals surface area contributed by atoms with Gasteiger partial charge in [0, 0.05) is 71.9 Å². The number of hydrogen-bond acceptors (Lipinski definition) is 4. The molecule has 0 spiro atoms. The molecule has 2 aromatic heterocycles. The van der Waals surface area contributed by atoms with Gasteiger partial charge >= 0.3 is 0 Å². The largest absolute Gasteiger partial charge is 0.461 e. The fourth-order valence-electron chi connectivity index (χ4n) is 4.26. The van der Waals surface area contributed by atoms with Gasteiger partial charge in [-0.3, -0.25) is 9.78 Å². The molecule has 4 aromatic rings. The van der Waals surface area contributed by atoms with Gasteiger partial charge in [0.15, 0.2) is 0 Å². The van der Waals surface area contributed by atoms with Crippen molar-refractivity contribution in [1.29, 1.82) is 0 Å². The van der Waals surface area contributed by atoms with Crippen LogP contribution < -0.4 is 5.32 Å². The maximum atomic E-state index is 12.4. The van der Waals surface area contributed by atoms with Gasteiger partial charge in [0.1, 0.15) is 11.3 Å². The number of nitrogens with one attached hydrogen (secondary N) is 1. The summed E-state index contributed by atoms with van der Waals surface area (Å²) in [5, 5.41) is 7.11. The van der Waals surface area contributed by atoms with Crippen molar-refractivity contribution in [2.24, 2.45) is 0 Å². The van der Waals surface area contributed by atoms with Crippen molar-refractivity contribution < 1.29 is 9.21 Å². The summed E-state index contributed by atoms with van der Waals surface area (Å²) >= 11 is 0. The van der Waals surface area contributed by atoms with E-state index in [4.69, 9.17) is 4.42 Å². The van der Waals surface area contributed by atoms with Crippen LogP contribution in [0.1, 0.15) is 28.1 Å². The van der Waals surface area contributed by atoms with Crippen molar-refractivity contribution in [2.75, 3.05) is 19.4 Å². The van der Waals surface area contributed by atoms with Gasteiger partial charge in [-0.25, -0.2) is 0 Å². The van der Waals surface area contributed by atoms with Gasteiger partial charge in [0.25, 0.3) is 5.91 Å². The van der Waals surface area contributed by atoms with E-state index in [1.54, 1.807) is 19.0 Å². The molecule has 2 aromatic carbocycles. The summed E-state index contributed by atoms with van der Waals surface area (Å²) in [5.74, 6) is 1.06. The highest BCUT2D eigenvalue weighted by Gasteiger charge is 2.25. The maximum absolute atomic E-state index is 12.4. The van der Waals surface area contributed by atoms with Gasteiger partial charge in [-0.05, 0) is 43.2 Å². The molecule has 146 valence electrons. The molecule has 1 aliphatic rings. The van der Waals surface area contributed by atoms with Crippen molar-refractivity contribution in [3.05, 3.63) is 71.7 Å². The topological polar surface area (TPSA) is 58.4 Å². The lowest BCUT2D eigenvalue weighted by atomic mass is 9.91. The average Bonchev–Trinajstić information content (AvgIpc) is 3.10. The van der Waals surface area contributed by atoms with E-state index in [0.29, 0.717) is 11.6 Å². The van der Waals surface area contributed by atoms with Gasteiger partial charge in [0.2, 0.25) is 0 Å². The molecule has 1 amide bonds. The fraction of sp³-hybridized carbons (Fsp3) is 0.250. The molecule has 5 nitrogen and oxygen atoms in total. The van der Waals surface area contributed by atoms with Crippen molar-refractivity contribution in [2.45, 2.75) is 25.3 Å². The van der Waals surface area contributed by atoms with Gasteiger partial charge in [-0.2, -0.15) is 0 Å². The number of hydrogen-bond donors (Lipinski definition) is 1. The lowest BCUT2D eigenvalue weighted by molar-refractivity contribution is 0.0828. The number of fused-ring (bicyclic) bond motifs is 4. The third kappa shape index (κ3) is 3.12. The molecular weight excluding hydrogens is 362 g/mol. The molecule has 0 saturated heterocycles. The Morgan fingerprint density at radius 2 is 2.07 bits per heavy atom. The van der Waals surface area contributed by atoms with Crippen LogP contribution in [-0.2, 0) is 12.8 Å². The second kappa shape index (κ2) is 6.92. The van der Waals surface area contributed by atoms with E-state index < -0.39 is 0 Å². The average molecular weight is 385 g/mol. The van der Waals surface area contributed by atoms with Crippen molar-refractivity contribution >= 4 is 33.3 Å². The lowest BCUT2D eigenvalue weighted by Gasteiger charge is -2.24. The Labute approximate surface area is 169 Å². The van der Waals surface area contributed by atoms with E-state index in [-0.39, 0.29) is 5.91 Å². The molecule has 5 heteroatoms. The number of anilines is 1. The minimum atomic E-state index is 0.0108. The lowest BCUT2D eigenvalue weighted by Crippen LogP contribution is -2.27. The molecule has 2 heterocycles. The van der Waals surface area contributed by atoms with Crippen molar-refractivity contribution in [1.82, 2.24) is 9.88 Å². The van der Waals surface area contributed by atoms with Crippen LogP contribution in [0.5, 0.6) is 0 Å². The van der Waals surface area contributed by atoms with Crippen LogP contribution in [0.3, 0.4) is 0 Å². The molecule has 0 aliphatic heterocycles. The first-order valence-corrected chi connectivity index (χ1v) is 9.95. The SMILES string of the molecule is CN(C)C(=O)c1ccc2oc3c(c2c1)CC(Nc1cccc2cnccc12)CC3. The highest BCUT2D eigenvalue weighted by atomic mass is 16.3. The van der Waals surface area contributed by atoms with Crippen LogP contribution in [0.15, 0.2) is 59.3 Å². The summed E-state index contributed by atoms with van der Waals surface area (Å²) in [6.07, 6.45) is 6.51. The second-order valence-electron chi connectivity index (χ2n) is 7.90. The third-order valence-electron chi connectivity index (χ3n) is 5.74. The molecule has 0 radical (unpaired) electrons. The molecule has 29 heavy (non-hydrogen) atoms. The van der Waals surface area contributed by atoms with Gasteiger partial charge in [0.05, 0.1) is 0 Å².